The number of morpholine rings is 1. The van der Waals surface area contributed by atoms with Crippen molar-refractivity contribution >= 4 is 49.5 Å². The number of benzene rings is 2. The molecule has 38 heavy (non-hydrogen) atoms. The van der Waals surface area contributed by atoms with Crippen molar-refractivity contribution in [3.05, 3.63) is 43.0 Å². The van der Waals surface area contributed by atoms with E-state index < -0.39 is 0 Å². The molecule has 2 aliphatic heterocycles. The van der Waals surface area contributed by atoms with Crippen LogP contribution < -0.4 is 0 Å². The van der Waals surface area contributed by atoms with Gasteiger partial charge in [-0.1, -0.05) is 6.58 Å². The van der Waals surface area contributed by atoms with E-state index in [9.17, 15) is 4.79 Å². The Morgan fingerprint density at radius 1 is 1.13 bits per heavy atom. The zero-order valence-corrected chi connectivity index (χ0v) is 21.7. The summed E-state index contributed by atoms with van der Waals surface area (Å²) < 4.78 is 9.97. The lowest BCUT2D eigenvalue weighted by atomic mass is 9.96. The number of carbonyl (C=O) groups excluding carboxylic acids is 1. The van der Waals surface area contributed by atoms with Crippen LogP contribution in [-0.2, 0) is 23.1 Å². The Balaban J connectivity index is 1.35. The number of amides is 1. The van der Waals surface area contributed by atoms with Gasteiger partial charge >= 0.3 is 0 Å². The van der Waals surface area contributed by atoms with Gasteiger partial charge < -0.3 is 14.2 Å². The summed E-state index contributed by atoms with van der Waals surface area (Å²) in [7, 11) is 2.12. The molecule has 0 spiro atoms. The largest absolute Gasteiger partial charge is 0.379 e. The highest BCUT2D eigenvalue weighted by Crippen LogP contribution is 2.40. The van der Waals surface area contributed by atoms with Crippen LogP contribution in [0, 0.1) is 0 Å². The third kappa shape index (κ3) is 3.70. The van der Waals surface area contributed by atoms with Crippen LogP contribution in [0.5, 0.6) is 0 Å². The molecule has 0 bridgehead atoms. The van der Waals surface area contributed by atoms with Gasteiger partial charge in [-0.05, 0) is 31.1 Å². The van der Waals surface area contributed by atoms with Gasteiger partial charge in [-0.3, -0.25) is 19.5 Å². The zero-order chi connectivity index (χ0) is 25.8. The highest BCUT2D eigenvalue weighted by molar-refractivity contribution is 6.28. The van der Waals surface area contributed by atoms with E-state index >= 15 is 0 Å². The van der Waals surface area contributed by atoms with Gasteiger partial charge in [0.1, 0.15) is 11.3 Å². The first kappa shape index (κ1) is 23.4. The molecule has 0 saturated carbocycles. The van der Waals surface area contributed by atoms with Crippen molar-refractivity contribution in [3.8, 4) is 0 Å². The summed E-state index contributed by atoms with van der Waals surface area (Å²) in [6.07, 6.45) is 7.26. The third-order valence-electron chi connectivity index (χ3n) is 8.38. The molecule has 10 heteroatoms. The van der Waals surface area contributed by atoms with Crippen molar-refractivity contribution in [1.29, 1.82) is 0 Å². The average Bonchev–Trinajstić information content (AvgIpc) is 3.69. The molecule has 2 aromatic carbocycles. The first-order chi connectivity index (χ1) is 18.6. The summed E-state index contributed by atoms with van der Waals surface area (Å²) in [4.78, 5) is 21.8. The first-order valence-corrected chi connectivity index (χ1v) is 13.4. The number of nitrogens with zero attached hydrogens (tertiary/aromatic N) is 7. The van der Waals surface area contributed by atoms with Crippen LogP contribution in [0.4, 0.5) is 0 Å². The molecule has 0 radical (unpaired) electrons. The van der Waals surface area contributed by atoms with E-state index in [-0.39, 0.29) is 11.8 Å². The number of rotatable bonds is 5. The fraction of sp³-hybridized carbons (Fsp3) is 0.429. The number of piperidine rings is 1. The number of ether oxygens (including phenoxy) is 1. The lowest BCUT2D eigenvalue weighted by Crippen LogP contribution is -2.38. The first-order valence-electron chi connectivity index (χ1n) is 13.4. The van der Waals surface area contributed by atoms with Gasteiger partial charge in [0.25, 0.3) is 0 Å². The number of nitrogens with one attached hydrogen (secondary N) is 1. The monoisotopic (exact) mass is 512 g/mol. The fourth-order valence-corrected chi connectivity index (χ4v) is 6.32. The number of carbonyl (C=O) groups is 1. The summed E-state index contributed by atoms with van der Waals surface area (Å²) in [5.74, 6) is 1.37. The summed E-state index contributed by atoms with van der Waals surface area (Å²) in [6, 6.07) is 4.21. The maximum atomic E-state index is 12.1. The van der Waals surface area contributed by atoms with Gasteiger partial charge in [0, 0.05) is 73.4 Å². The number of aromatic nitrogens is 6. The molecule has 0 unspecified atom stereocenters. The van der Waals surface area contributed by atoms with Gasteiger partial charge in [-0.25, -0.2) is 4.98 Å². The molecule has 10 nitrogen and oxygen atoms in total. The second-order valence-electron chi connectivity index (χ2n) is 10.5. The van der Waals surface area contributed by atoms with E-state index in [2.05, 4.69) is 61.4 Å². The fourth-order valence-electron chi connectivity index (χ4n) is 6.32. The number of fused-ring (bicyclic) bond motifs is 8. The molecule has 5 aromatic rings. The predicted octanol–water partition coefficient (Wildman–Crippen LogP) is 3.18. The zero-order valence-electron chi connectivity index (χ0n) is 21.7. The van der Waals surface area contributed by atoms with Crippen molar-refractivity contribution in [2.24, 2.45) is 7.05 Å². The molecule has 3 aromatic heterocycles. The lowest BCUT2D eigenvalue weighted by Gasteiger charge is -2.31. The Bertz CT molecular complexity index is 1680. The average molecular weight is 513 g/mol. The summed E-state index contributed by atoms with van der Waals surface area (Å²) in [6.45, 7) is 10.5. The Morgan fingerprint density at radius 3 is 2.74 bits per heavy atom. The minimum Gasteiger partial charge on any atom is -0.379 e. The van der Waals surface area contributed by atoms with E-state index in [0.29, 0.717) is 0 Å². The molecule has 196 valence electrons. The van der Waals surface area contributed by atoms with Gasteiger partial charge in [-0.2, -0.15) is 10.2 Å². The van der Waals surface area contributed by atoms with Gasteiger partial charge in [-0.15, -0.1) is 0 Å². The smallest absolute Gasteiger partial charge is 0.245 e. The van der Waals surface area contributed by atoms with Crippen LogP contribution >= 0.6 is 0 Å². The second kappa shape index (κ2) is 9.21. The van der Waals surface area contributed by atoms with E-state index in [0.717, 1.165) is 115 Å². The second-order valence-corrected chi connectivity index (χ2v) is 10.5. The molecule has 1 N–H and O–H groups in total. The molecule has 1 amide bonds. The maximum absolute atomic E-state index is 12.1. The minimum absolute atomic E-state index is 0.00806. The van der Waals surface area contributed by atoms with Gasteiger partial charge in [0.05, 0.1) is 42.5 Å². The van der Waals surface area contributed by atoms with Crippen molar-refractivity contribution in [2.45, 2.75) is 25.3 Å². The molecule has 5 heterocycles. The SMILES string of the molecule is C=CC(=O)N1CCC(c2nc3c4cn(CCN5CCOCC5)[nH]c4c4ccc5nncc5c4c3n2C)CC1. The van der Waals surface area contributed by atoms with Crippen LogP contribution in [0.2, 0.25) is 0 Å². The van der Waals surface area contributed by atoms with Crippen LogP contribution in [0.25, 0.3) is 43.6 Å². The van der Waals surface area contributed by atoms with Crippen LogP contribution in [-0.4, -0.2) is 91.2 Å². The molecule has 2 fully saturated rings. The Morgan fingerprint density at radius 2 is 1.95 bits per heavy atom. The number of hydrogen-bond donors (Lipinski definition) is 1. The lowest BCUT2D eigenvalue weighted by molar-refractivity contribution is -0.127. The van der Waals surface area contributed by atoms with E-state index in [4.69, 9.17) is 9.72 Å². The summed E-state index contributed by atoms with van der Waals surface area (Å²) in [5, 5.41) is 16.7. The Hall–Kier alpha value is -3.76. The maximum Gasteiger partial charge on any atom is 0.245 e. The van der Waals surface area contributed by atoms with Gasteiger partial charge in [0.15, 0.2) is 0 Å². The van der Waals surface area contributed by atoms with E-state index in [1.807, 2.05) is 11.1 Å². The molecule has 0 atom stereocenters. The van der Waals surface area contributed by atoms with Gasteiger partial charge in [0.2, 0.25) is 5.91 Å². The summed E-state index contributed by atoms with van der Waals surface area (Å²) >= 11 is 0. The number of aromatic amines is 1. The number of aryl methyl sites for hydroxylation is 1. The van der Waals surface area contributed by atoms with Crippen LogP contribution in [0.15, 0.2) is 37.2 Å². The normalized spacial score (nSPS) is 17.9. The molecular weight excluding hydrogens is 480 g/mol. The molecule has 2 saturated heterocycles. The number of likely N-dealkylation sites (tertiary alicyclic amines) is 1. The van der Waals surface area contributed by atoms with Crippen molar-refractivity contribution in [2.75, 3.05) is 45.9 Å². The van der Waals surface area contributed by atoms with Crippen LogP contribution in [0.1, 0.15) is 24.6 Å². The number of hydrogen-bond acceptors (Lipinski definition) is 6. The topological polar surface area (TPSA) is 97.1 Å². The predicted molar refractivity (Wildman–Crippen MR) is 147 cm³/mol. The van der Waals surface area contributed by atoms with E-state index in [1.165, 1.54) is 6.08 Å². The highest BCUT2D eigenvalue weighted by Gasteiger charge is 2.28. The standard InChI is InChI=1S/C28H32N8O2/c1-3-23(37)35-8-6-18(7-9-35)28-30-26-21-17-36(11-10-34-12-14-38-15-13-34)32-25(21)19-4-5-22-20(16-29-31-22)24(19)27(26)33(28)2/h3-5,16-18,32H,1,6-15H2,2H3. The van der Waals surface area contributed by atoms with Crippen molar-refractivity contribution in [3.63, 3.8) is 0 Å². The summed E-state index contributed by atoms with van der Waals surface area (Å²) in [5.41, 5.74) is 4.11. The number of imidazole rings is 1. The third-order valence-corrected chi connectivity index (χ3v) is 8.38. The molecule has 7 rings (SSSR count). The molecule has 2 aliphatic rings. The quantitative estimate of drug-likeness (QED) is 0.364. The van der Waals surface area contributed by atoms with Crippen molar-refractivity contribution < 1.29 is 9.53 Å². The minimum atomic E-state index is 0.00806. The molecule has 0 aliphatic carbocycles. The van der Waals surface area contributed by atoms with E-state index in [1.54, 1.807) is 0 Å². The Labute approximate surface area is 219 Å². The van der Waals surface area contributed by atoms with Crippen molar-refractivity contribution in [1.82, 2.24) is 39.3 Å². The number of H-pyrrole nitrogens is 1. The Kier molecular flexibility index (Phi) is 5.66. The highest BCUT2D eigenvalue weighted by atomic mass is 16.5. The van der Waals surface area contributed by atoms with Crippen LogP contribution in [0.3, 0.4) is 0 Å². The molecular formula is C28H32N8O2.